The standard InChI is InChI=1S/C15H13BrFNO2/c1-2-18(13-4-3-5-14(19)9-13)15(20)10-6-11(16)8-12(17)7-10/h3-9,19H,2H2,1H3. The molecule has 0 fully saturated rings. The number of nitrogens with zero attached hydrogens (tertiary/aromatic N) is 1. The third-order valence-corrected chi connectivity index (χ3v) is 3.27. The Morgan fingerprint density at radius 1 is 1.30 bits per heavy atom. The van der Waals surface area contributed by atoms with Crippen molar-refractivity contribution in [1.82, 2.24) is 0 Å². The van der Waals surface area contributed by atoms with E-state index in [1.165, 1.54) is 29.2 Å². The van der Waals surface area contributed by atoms with Crippen LogP contribution in [0.15, 0.2) is 46.9 Å². The van der Waals surface area contributed by atoms with E-state index >= 15 is 0 Å². The maximum absolute atomic E-state index is 13.4. The fourth-order valence-electron chi connectivity index (χ4n) is 1.94. The van der Waals surface area contributed by atoms with Crippen molar-refractivity contribution in [2.45, 2.75) is 6.92 Å². The number of anilines is 1. The molecule has 104 valence electrons. The fourth-order valence-corrected chi connectivity index (χ4v) is 2.40. The van der Waals surface area contributed by atoms with Gasteiger partial charge < -0.3 is 10.0 Å². The lowest BCUT2D eigenvalue weighted by molar-refractivity contribution is 0.0988. The van der Waals surface area contributed by atoms with Gasteiger partial charge in [-0.05, 0) is 37.3 Å². The number of carbonyl (C=O) groups is 1. The minimum atomic E-state index is -0.477. The molecule has 0 aromatic heterocycles. The summed E-state index contributed by atoms with van der Waals surface area (Å²) >= 11 is 3.17. The Hall–Kier alpha value is -1.88. The molecule has 0 saturated heterocycles. The summed E-state index contributed by atoms with van der Waals surface area (Å²) in [7, 11) is 0. The van der Waals surface area contributed by atoms with E-state index in [1.54, 1.807) is 18.2 Å². The Morgan fingerprint density at radius 3 is 2.65 bits per heavy atom. The number of aromatic hydroxyl groups is 1. The Kier molecular flexibility index (Phi) is 4.39. The molecule has 0 bridgehead atoms. The Labute approximate surface area is 124 Å². The van der Waals surface area contributed by atoms with E-state index in [9.17, 15) is 14.3 Å². The number of phenols is 1. The molecule has 0 aliphatic carbocycles. The monoisotopic (exact) mass is 337 g/mol. The van der Waals surface area contributed by atoms with Crippen LogP contribution in [-0.4, -0.2) is 17.6 Å². The summed E-state index contributed by atoms with van der Waals surface area (Å²) in [6, 6.07) is 10.4. The lowest BCUT2D eigenvalue weighted by Crippen LogP contribution is -2.30. The molecule has 2 aromatic rings. The molecule has 0 aliphatic heterocycles. The normalized spacial score (nSPS) is 10.3. The molecule has 20 heavy (non-hydrogen) atoms. The molecule has 0 aliphatic rings. The van der Waals surface area contributed by atoms with E-state index in [2.05, 4.69) is 15.9 Å². The van der Waals surface area contributed by atoms with Gasteiger partial charge in [0.15, 0.2) is 0 Å². The van der Waals surface area contributed by atoms with Crippen LogP contribution in [0.4, 0.5) is 10.1 Å². The number of amides is 1. The molecular formula is C15H13BrFNO2. The average molecular weight is 338 g/mol. The molecule has 0 saturated carbocycles. The summed E-state index contributed by atoms with van der Waals surface area (Å²) in [5.41, 5.74) is 0.819. The average Bonchev–Trinajstić information content (AvgIpc) is 2.38. The first kappa shape index (κ1) is 14.5. The van der Waals surface area contributed by atoms with Gasteiger partial charge in [-0.25, -0.2) is 4.39 Å². The number of hydrogen-bond acceptors (Lipinski definition) is 2. The molecule has 2 rings (SSSR count). The summed E-state index contributed by atoms with van der Waals surface area (Å²) in [4.78, 5) is 13.9. The van der Waals surface area contributed by atoms with E-state index < -0.39 is 5.82 Å². The smallest absolute Gasteiger partial charge is 0.258 e. The van der Waals surface area contributed by atoms with Gasteiger partial charge in [-0.1, -0.05) is 22.0 Å². The van der Waals surface area contributed by atoms with Crippen LogP contribution >= 0.6 is 15.9 Å². The van der Waals surface area contributed by atoms with Crippen LogP contribution in [0.1, 0.15) is 17.3 Å². The van der Waals surface area contributed by atoms with Crippen LogP contribution in [0.25, 0.3) is 0 Å². The minimum absolute atomic E-state index is 0.0779. The van der Waals surface area contributed by atoms with Gasteiger partial charge >= 0.3 is 0 Å². The van der Waals surface area contributed by atoms with Crippen LogP contribution in [-0.2, 0) is 0 Å². The number of hydrogen-bond donors (Lipinski definition) is 1. The zero-order valence-electron chi connectivity index (χ0n) is 10.8. The van der Waals surface area contributed by atoms with Gasteiger partial charge in [0.05, 0.1) is 0 Å². The first-order chi connectivity index (χ1) is 9.51. The van der Waals surface area contributed by atoms with Gasteiger partial charge in [0.25, 0.3) is 5.91 Å². The summed E-state index contributed by atoms with van der Waals surface area (Å²) < 4.78 is 13.9. The molecule has 1 N–H and O–H groups in total. The summed E-state index contributed by atoms with van der Waals surface area (Å²) in [6.45, 7) is 2.23. The van der Waals surface area contributed by atoms with Crippen molar-refractivity contribution in [3.8, 4) is 5.75 Å². The third-order valence-electron chi connectivity index (χ3n) is 2.81. The highest BCUT2D eigenvalue weighted by Crippen LogP contribution is 2.23. The van der Waals surface area contributed by atoms with Crippen molar-refractivity contribution in [3.05, 3.63) is 58.3 Å². The van der Waals surface area contributed by atoms with Crippen molar-refractivity contribution < 1.29 is 14.3 Å². The zero-order valence-corrected chi connectivity index (χ0v) is 12.4. The lowest BCUT2D eigenvalue weighted by Gasteiger charge is -2.21. The van der Waals surface area contributed by atoms with Crippen molar-refractivity contribution in [2.75, 3.05) is 11.4 Å². The molecule has 0 heterocycles. The van der Waals surface area contributed by atoms with Gasteiger partial charge in [0.1, 0.15) is 11.6 Å². The van der Waals surface area contributed by atoms with Crippen molar-refractivity contribution in [2.24, 2.45) is 0 Å². The van der Waals surface area contributed by atoms with Crippen molar-refractivity contribution >= 4 is 27.5 Å². The summed E-state index contributed by atoms with van der Waals surface area (Å²) in [5, 5.41) is 9.49. The lowest BCUT2D eigenvalue weighted by atomic mass is 10.1. The van der Waals surface area contributed by atoms with Crippen LogP contribution in [0.3, 0.4) is 0 Å². The molecule has 0 radical (unpaired) electrons. The topological polar surface area (TPSA) is 40.5 Å². The van der Waals surface area contributed by atoms with Gasteiger partial charge in [0.2, 0.25) is 0 Å². The molecule has 1 amide bonds. The zero-order chi connectivity index (χ0) is 14.7. The van der Waals surface area contributed by atoms with Crippen LogP contribution in [0.2, 0.25) is 0 Å². The van der Waals surface area contributed by atoms with E-state index in [1.807, 2.05) is 6.92 Å². The Balaban J connectivity index is 2.38. The molecule has 2 aromatic carbocycles. The number of carbonyl (C=O) groups excluding carboxylic acids is 1. The van der Waals surface area contributed by atoms with E-state index in [4.69, 9.17) is 0 Å². The number of halogens is 2. The first-order valence-electron chi connectivity index (χ1n) is 6.08. The molecule has 0 atom stereocenters. The molecule has 3 nitrogen and oxygen atoms in total. The first-order valence-corrected chi connectivity index (χ1v) is 6.87. The maximum atomic E-state index is 13.4. The second-order valence-electron chi connectivity index (χ2n) is 4.23. The SMILES string of the molecule is CCN(C(=O)c1cc(F)cc(Br)c1)c1cccc(O)c1. The summed E-state index contributed by atoms with van der Waals surface area (Å²) in [6.07, 6.45) is 0. The summed E-state index contributed by atoms with van der Waals surface area (Å²) in [5.74, 6) is -0.720. The molecule has 5 heteroatoms. The van der Waals surface area contributed by atoms with Crippen molar-refractivity contribution in [1.29, 1.82) is 0 Å². The highest BCUT2D eigenvalue weighted by atomic mass is 79.9. The largest absolute Gasteiger partial charge is 0.508 e. The van der Waals surface area contributed by atoms with Gasteiger partial charge in [-0.15, -0.1) is 0 Å². The number of benzene rings is 2. The Bertz CT molecular complexity index is 625. The second kappa shape index (κ2) is 6.05. The maximum Gasteiger partial charge on any atom is 0.258 e. The molecule has 0 unspecified atom stereocenters. The predicted molar refractivity (Wildman–Crippen MR) is 79.6 cm³/mol. The molecule has 0 spiro atoms. The van der Waals surface area contributed by atoms with E-state index in [0.29, 0.717) is 16.7 Å². The minimum Gasteiger partial charge on any atom is -0.508 e. The van der Waals surface area contributed by atoms with Crippen LogP contribution < -0.4 is 4.90 Å². The van der Waals surface area contributed by atoms with Crippen molar-refractivity contribution in [3.63, 3.8) is 0 Å². The highest BCUT2D eigenvalue weighted by Gasteiger charge is 2.17. The quantitative estimate of drug-likeness (QED) is 0.920. The second-order valence-corrected chi connectivity index (χ2v) is 5.14. The van der Waals surface area contributed by atoms with E-state index in [-0.39, 0.29) is 17.2 Å². The third kappa shape index (κ3) is 3.17. The predicted octanol–water partition coefficient (Wildman–Crippen LogP) is 3.96. The van der Waals surface area contributed by atoms with Crippen LogP contribution in [0.5, 0.6) is 5.75 Å². The number of rotatable bonds is 3. The number of phenolic OH excluding ortho intramolecular Hbond substituents is 1. The van der Waals surface area contributed by atoms with Gasteiger partial charge in [-0.2, -0.15) is 0 Å². The van der Waals surface area contributed by atoms with Gasteiger partial charge in [-0.3, -0.25) is 4.79 Å². The fraction of sp³-hybridized carbons (Fsp3) is 0.133. The van der Waals surface area contributed by atoms with Gasteiger partial charge in [0, 0.05) is 28.3 Å². The van der Waals surface area contributed by atoms with E-state index in [0.717, 1.165) is 0 Å². The highest BCUT2D eigenvalue weighted by molar-refractivity contribution is 9.10. The molecular weight excluding hydrogens is 325 g/mol. The van der Waals surface area contributed by atoms with Crippen LogP contribution in [0, 0.1) is 5.82 Å². The Morgan fingerprint density at radius 2 is 2.05 bits per heavy atom.